The molecule has 84 valence electrons. The van der Waals surface area contributed by atoms with Crippen molar-refractivity contribution >= 4 is 30.1 Å². The summed E-state index contributed by atoms with van der Waals surface area (Å²) >= 11 is 5.95. The molecule has 0 bridgehead atoms. The third-order valence-electron chi connectivity index (χ3n) is 4.25. The molecule has 1 aromatic rings. The van der Waals surface area contributed by atoms with Gasteiger partial charge in [-0.25, -0.2) is 0 Å². The van der Waals surface area contributed by atoms with Crippen LogP contribution in [0.3, 0.4) is 0 Å². The Bertz CT molecular complexity index is 501. The highest BCUT2D eigenvalue weighted by molar-refractivity contribution is 7.78. The molecule has 0 atom stereocenters. The third kappa shape index (κ3) is 1.12. The first kappa shape index (κ1) is 9.54. The zero-order chi connectivity index (χ0) is 10.9. The molecule has 4 heteroatoms. The third-order valence-corrected chi connectivity index (χ3v) is 5.89. The van der Waals surface area contributed by atoms with Crippen LogP contribution >= 0.6 is 24.2 Å². The molecule has 1 fully saturated rings. The van der Waals surface area contributed by atoms with Gasteiger partial charge in [-0.1, -0.05) is 12.8 Å². The summed E-state index contributed by atoms with van der Waals surface area (Å²) in [7, 11) is 0. The fourth-order valence-electron chi connectivity index (χ4n) is 3.08. The van der Waals surface area contributed by atoms with Crippen molar-refractivity contribution in [3.8, 4) is 0 Å². The van der Waals surface area contributed by atoms with Crippen molar-refractivity contribution in [3.05, 3.63) is 20.9 Å². The Labute approximate surface area is 104 Å². The van der Waals surface area contributed by atoms with Crippen LogP contribution in [0.25, 0.3) is 0 Å². The van der Waals surface area contributed by atoms with Gasteiger partial charge >= 0.3 is 0 Å². The lowest BCUT2D eigenvalue weighted by Crippen LogP contribution is -2.29. The average Bonchev–Trinajstić information content (AvgIpc) is 2.77. The molecule has 2 aliphatic carbocycles. The Morgan fingerprint density at radius 3 is 2.81 bits per heavy atom. The van der Waals surface area contributed by atoms with Crippen molar-refractivity contribution in [2.75, 3.05) is 6.54 Å². The molecule has 2 heterocycles. The largest absolute Gasteiger partial charge is 0.284 e. The Kier molecular flexibility index (Phi) is 1.70. The number of thiol groups is 1. The molecule has 1 spiro atoms. The molecule has 0 saturated heterocycles. The molecule has 16 heavy (non-hydrogen) atoms. The number of nitrogens with zero attached hydrogens (tertiary/aromatic N) is 1. The van der Waals surface area contributed by atoms with Crippen LogP contribution in [0.4, 0.5) is 0 Å². The van der Waals surface area contributed by atoms with Crippen molar-refractivity contribution in [2.24, 2.45) is 5.41 Å². The fourth-order valence-corrected chi connectivity index (χ4v) is 4.84. The van der Waals surface area contributed by atoms with Gasteiger partial charge in [0.1, 0.15) is 0 Å². The predicted molar refractivity (Wildman–Crippen MR) is 67.1 cm³/mol. The first-order chi connectivity index (χ1) is 7.69. The molecule has 1 saturated carbocycles. The summed E-state index contributed by atoms with van der Waals surface area (Å²) in [5.41, 5.74) is 3.53. The zero-order valence-corrected chi connectivity index (χ0v) is 10.7. The number of thiophene rings is 1. The van der Waals surface area contributed by atoms with Gasteiger partial charge in [0.25, 0.3) is 5.91 Å². The highest BCUT2D eigenvalue weighted by Crippen LogP contribution is 2.58. The molecule has 0 unspecified atom stereocenters. The second-order valence-electron chi connectivity index (χ2n) is 5.34. The molecule has 4 rings (SSSR count). The Balaban J connectivity index is 1.82. The molecule has 1 aliphatic heterocycles. The maximum absolute atomic E-state index is 12.0. The van der Waals surface area contributed by atoms with Crippen LogP contribution in [0.1, 0.15) is 38.5 Å². The molecule has 0 radical (unpaired) electrons. The van der Waals surface area contributed by atoms with Crippen LogP contribution < -0.4 is 0 Å². The quantitative estimate of drug-likeness (QED) is 0.702. The van der Waals surface area contributed by atoms with E-state index in [0.717, 1.165) is 17.8 Å². The minimum absolute atomic E-state index is 0.119. The van der Waals surface area contributed by atoms with Gasteiger partial charge in [-0.2, -0.15) is 0 Å². The summed E-state index contributed by atoms with van der Waals surface area (Å²) in [4.78, 5) is 14.4. The van der Waals surface area contributed by atoms with Gasteiger partial charge in [0, 0.05) is 11.4 Å². The van der Waals surface area contributed by atoms with E-state index in [4.69, 9.17) is 0 Å². The van der Waals surface area contributed by atoms with Gasteiger partial charge in [0.15, 0.2) is 0 Å². The number of rotatable bonds is 0. The molecular weight excluding hydrogens is 238 g/mol. The smallest absolute Gasteiger partial charge is 0.273 e. The van der Waals surface area contributed by atoms with Crippen LogP contribution in [0, 0.1) is 5.41 Å². The Morgan fingerprint density at radius 2 is 2.06 bits per heavy atom. The van der Waals surface area contributed by atoms with Gasteiger partial charge in [-0.05, 0) is 48.6 Å². The standard InChI is InChI=1S/C12H13NOS2/c14-11-10-7(1-4-13(11)15)8-5-12(2-3-12)6-9(8)16-10/h15H,1-6H2. The normalized spacial score (nSPS) is 24.8. The van der Waals surface area contributed by atoms with Crippen molar-refractivity contribution in [1.29, 1.82) is 0 Å². The summed E-state index contributed by atoms with van der Waals surface area (Å²) in [6, 6.07) is 0. The molecule has 0 N–H and O–H groups in total. The molecule has 0 aromatic carbocycles. The van der Waals surface area contributed by atoms with E-state index in [9.17, 15) is 4.79 Å². The van der Waals surface area contributed by atoms with Gasteiger partial charge in [-0.15, -0.1) is 11.3 Å². The van der Waals surface area contributed by atoms with E-state index in [-0.39, 0.29) is 5.91 Å². The number of carbonyl (C=O) groups is 1. The number of hydrogen-bond acceptors (Lipinski definition) is 3. The molecule has 2 nitrogen and oxygen atoms in total. The van der Waals surface area contributed by atoms with E-state index in [2.05, 4.69) is 12.8 Å². The number of fused-ring (bicyclic) bond motifs is 3. The predicted octanol–water partition coefficient (Wildman–Crippen LogP) is 2.47. The fraction of sp³-hybridized carbons (Fsp3) is 0.583. The molecule has 3 aliphatic rings. The van der Waals surface area contributed by atoms with Crippen LogP contribution in [0.2, 0.25) is 0 Å². The average molecular weight is 251 g/mol. The molecular formula is C12H13NOS2. The maximum Gasteiger partial charge on any atom is 0.273 e. The zero-order valence-electron chi connectivity index (χ0n) is 8.95. The lowest BCUT2D eigenvalue weighted by Gasteiger charge is -2.21. The maximum atomic E-state index is 12.0. The summed E-state index contributed by atoms with van der Waals surface area (Å²) in [5, 5.41) is 0. The van der Waals surface area contributed by atoms with Crippen molar-refractivity contribution in [1.82, 2.24) is 4.31 Å². The van der Waals surface area contributed by atoms with E-state index in [0.29, 0.717) is 5.41 Å². The summed E-state index contributed by atoms with van der Waals surface area (Å²) in [5.74, 6) is 0.119. The minimum Gasteiger partial charge on any atom is -0.284 e. The number of carbonyl (C=O) groups excluding carboxylic acids is 1. The minimum atomic E-state index is 0.119. The number of amides is 1. The highest BCUT2D eigenvalue weighted by atomic mass is 32.1. The van der Waals surface area contributed by atoms with E-state index < -0.39 is 0 Å². The number of hydrogen-bond donors (Lipinski definition) is 1. The van der Waals surface area contributed by atoms with Crippen molar-refractivity contribution in [3.63, 3.8) is 0 Å². The van der Waals surface area contributed by atoms with Crippen molar-refractivity contribution < 1.29 is 4.79 Å². The Morgan fingerprint density at radius 1 is 1.25 bits per heavy atom. The first-order valence-electron chi connectivity index (χ1n) is 5.83. The van der Waals surface area contributed by atoms with Crippen LogP contribution in [-0.2, 0) is 19.3 Å². The van der Waals surface area contributed by atoms with Crippen LogP contribution in [-0.4, -0.2) is 16.8 Å². The monoisotopic (exact) mass is 251 g/mol. The van der Waals surface area contributed by atoms with Crippen molar-refractivity contribution in [2.45, 2.75) is 32.1 Å². The Hall–Kier alpha value is -0.480. The summed E-state index contributed by atoms with van der Waals surface area (Å²) < 4.78 is 1.56. The SMILES string of the molecule is O=C1c2sc3c(c2CCN1S)CC1(CC1)C3. The van der Waals surface area contributed by atoms with Gasteiger partial charge in [0.05, 0.1) is 4.88 Å². The summed E-state index contributed by atoms with van der Waals surface area (Å²) in [6.07, 6.45) is 6.28. The lowest BCUT2D eigenvalue weighted by atomic mass is 9.99. The molecule has 1 aromatic heterocycles. The lowest BCUT2D eigenvalue weighted by molar-refractivity contribution is 0.0868. The van der Waals surface area contributed by atoms with Crippen LogP contribution in [0.5, 0.6) is 0 Å². The van der Waals surface area contributed by atoms with E-state index >= 15 is 0 Å². The second-order valence-corrected chi connectivity index (χ2v) is 6.93. The first-order valence-corrected chi connectivity index (χ1v) is 7.04. The topological polar surface area (TPSA) is 20.3 Å². The highest BCUT2D eigenvalue weighted by Gasteiger charge is 2.49. The van der Waals surface area contributed by atoms with E-state index in [1.165, 1.54) is 41.7 Å². The van der Waals surface area contributed by atoms with Gasteiger partial charge < -0.3 is 0 Å². The second kappa shape index (κ2) is 2.85. The van der Waals surface area contributed by atoms with E-state index in [1.54, 1.807) is 15.6 Å². The van der Waals surface area contributed by atoms with Gasteiger partial charge in [-0.3, -0.25) is 9.10 Å². The summed E-state index contributed by atoms with van der Waals surface area (Å²) in [6.45, 7) is 0.769. The van der Waals surface area contributed by atoms with Gasteiger partial charge in [0.2, 0.25) is 0 Å². The van der Waals surface area contributed by atoms with Crippen LogP contribution in [0.15, 0.2) is 0 Å². The molecule has 1 amide bonds. The van der Waals surface area contributed by atoms with E-state index in [1.807, 2.05) is 0 Å².